The van der Waals surface area contributed by atoms with Gasteiger partial charge in [0.25, 0.3) is 0 Å². The summed E-state index contributed by atoms with van der Waals surface area (Å²) >= 11 is 12.6. The fourth-order valence-corrected chi connectivity index (χ4v) is 3.74. The molecule has 3 aromatic rings. The van der Waals surface area contributed by atoms with Crippen molar-refractivity contribution in [2.75, 3.05) is 6.61 Å². The first-order chi connectivity index (χ1) is 15.9. The van der Waals surface area contributed by atoms with Gasteiger partial charge in [-0.2, -0.15) is 8.78 Å². The van der Waals surface area contributed by atoms with E-state index in [0.717, 1.165) is 12.8 Å². The van der Waals surface area contributed by atoms with Crippen molar-refractivity contribution < 1.29 is 27.8 Å². The Labute approximate surface area is 198 Å². The number of H-pyrrole nitrogens is 1. The minimum absolute atomic E-state index is 0.0937. The number of rotatable bonds is 10. The Balaban J connectivity index is 1.66. The van der Waals surface area contributed by atoms with Gasteiger partial charge in [0.15, 0.2) is 11.5 Å². The molecule has 1 N–H and O–H groups in total. The quantitative estimate of drug-likeness (QED) is 0.336. The smallest absolute Gasteiger partial charge is 0.387 e. The average molecular weight is 497 g/mol. The molecule has 2 heterocycles. The van der Waals surface area contributed by atoms with Gasteiger partial charge < -0.3 is 19.2 Å². The molecule has 2 aromatic heterocycles. The fraction of sp³-hybridized carbons (Fsp3) is 0.304. The number of aromatic nitrogens is 2. The van der Waals surface area contributed by atoms with Crippen molar-refractivity contribution in [3.05, 3.63) is 75.8 Å². The molecule has 0 spiro atoms. The van der Waals surface area contributed by atoms with Crippen LogP contribution in [0.1, 0.15) is 40.6 Å². The largest absolute Gasteiger partial charge is 0.489 e. The molecule has 1 aliphatic carbocycles. The third kappa shape index (κ3) is 6.15. The van der Waals surface area contributed by atoms with E-state index >= 15 is 0 Å². The van der Waals surface area contributed by atoms with E-state index in [0.29, 0.717) is 33.7 Å². The molecule has 1 saturated carbocycles. The van der Waals surface area contributed by atoms with Crippen LogP contribution >= 0.6 is 23.2 Å². The summed E-state index contributed by atoms with van der Waals surface area (Å²) in [4.78, 5) is 19.4. The van der Waals surface area contributed by atoms with Gasteiger partial charge in [-0.25, -0.2) is 4.79 Å². The van der Waals surface area contributed by atoms with Gasteiger partial charge in [0.1, 0.15) is 11.8 Å². The average Bonchev–Trinajstić information content (AvgIpc) is 3.44. The molecule has 4 rings (SSSR count). The van der Waals surface area contributed by atoms with Gasteiger partial charge >= 0.3 is 12.6 Å². The van der Waals surface area contributed by atoms with E-state index in [-0.39, 0.29) is 23.6 Å². The Morgan fingerprint density at radius 2 is 1.91 bits per heavy atom. The van der Waals surface area contributed by atoms with Crippen LogP contribution in [0.5, 0.6) is 11.5 Å². The summed E-state index contributed by atoms with van der Waals surface area (Å²) in [5.41, 5.74) is 1.30. The summed E-state index contributed by atoms with van der Waals surface area (Å²) in [7, 11) is 0. The summed E-state index contributed by atoms with van der Waals surface area (Å²) in [5.74, 6) is -0.153. The number of carbonyl (C=O) groups excluding carboxylic acids is 1. The van der Waals surface area contributed by atoms with E-state index in [1.807, 2.05) is 0 Å². The molecule has 33 heavy (non-hydrogen) atoms. The van der Waals surface area contributed by atoms with Crippen LogP contribution < -0.4 is 9.47 Å². The molecule has 174 valence electrons. The molecule has 0 amide bonds. The standard InChI is InChI=1S/C23H20Cl2F2N2O4/c24-16-10-28-11-17(25)15(16)9-20(32-22(30)18-2-1-7-29-18)14-5-6-19(33-23(26)27)21(8-14)31-12-13-3-4-13/h1-2,5-8,10-11,13,20,23,29H,3-4,9,12H2. The number of esters is 1. The predicted octanol–water partition coefficient (Wildman–Crippen LogP) is 6.25. The Kier molecular flexibility index (Phi) is 7.35. The number of hydrogen-bond donors (Lipinski definition) is 1. The summed E-state index contributed by atoms with van der Waals surface area (Å²) in [6, 6.07) is 7.69. The van der Waals surface area contributed by atoms with Crippen LogP contribution in [-0.4, -0.2) is 29.2 Å². The number of halogens is 4. The van der Waals surface area contributed by atoms with Crippen molar-refractivity contribution in [1.82, 2.24) is 9.97 Å². The number of carbonyl (C=O) groups is 1. The number of nitrogens with zero attached hydrogens (tertiary/aromatic N) is 1. The van der Waals surface area contributed by atoms with Gasteiger partial charge in [-0.3, -0.25) is 4.98 Å². The molecule has 1 unspecified atom stereocenters. The minimum Gasteiger partial charge on any atom is -0.489 e. The van der Waals surface area contributed by atoms with Crippen molar-refractivity contribution in [3.8, 4) is 11.5 Å². The number of pyridine rings is 1. The number of aromatic amines is 1. The van der Waals surface area contributed by atoms with Crippen LogP contribution in [0.2, 0.25) is 10.0 Å². The molecule has 0 saturated heterocycles. The lowest BCUT2D eigenvalue weighted by Gasteiger charge is -2.21. The zero-order valence-electron chi connectivity index (χ0n) is 17.3. The zero-order chi connectivity index (χ0) is 23.4. The van der Waals surface area contributed by atoms with Crippen LogP contribution in [0, 0.1) is 5.92 Å². The predicted molar refractivity (Wildman–Crippen MR) is 118 cm³/mol. The van der Waals surface area contributed by atoms with Gasteiger partial charge in [0.05, 0.1) is 16.7 Å². The SMILES string of the molecule is O=C(OC(Cc1c(Cl)cncc1Cl)c1ccc(OC(F)F)c(OCC2CC2)c1)c1ccc[nH]1. The lowest BCUT2D eigenvalue weighted by molar-refractivity contribution is -0.0515. The van der Waals surface area contributed by atoms with Gasteiger partial charge in [0, 0.05) is 25.0 Å². The molecule has 1 aromatic carbocycles. The number of nitrogens with one attached hydrogen (secondary N) is 1. The van der Waals surface area contributed by atoms with E-state index in [1.54, 1.807) is 18.3 Å². The summed E-state index contributed by atoms with van der Waals surface area (Å²) in [6.07, 6.45) is 5.82. The minimum atomic E-state index is -3.00. The van der Waals surface area contributed by atoms with Crippen LogP contribution in [0.25, 0.3) is 0 Å². The second kappa shape index (κ2) is 10.4. The first kappa shape index (κ1) is 23.3. The van der Waals surface area contributed by atoms with E-state index in [2.05, 4.69) is 14.7 Å². The molecule has 1 aliphatic rings. The first-order valence-electron chi connectivity index (χ1n) is 10.2. The van der Waals surface area contributed by atoms with Crippen molar-refractivity contribution in [2.45, 2.75) is 32.0 Å². The van der Waals surface area contributed by atoms with Gasteiger partial charge in [0.2, 0.25) is 0 Å². The highest BCUT2D eigenvalue weighted by Crippen LogP contribution is 2.38. The topological polar surface area (TPSA) is 73.4 Å². The first-order valence-corrected chi connectivity index (χ1v) is 11.0. The number of benzene rings is 1. The van der Waals surface area contributed by atoms with Crippen LogP contribution in [0.15, 0.2) is 48.9 Å². The molecular formula is C23H20Cl2F2N2O4. The highest BCUT2D eigenvalue weighted by Gasteiger charge is 2.26. The third-order valence-electron chi connectivity index (χ3n) is 5.14. The highest BCUT2D eigenvalue weighted by molar-refractivity contribution is 6.35. The molecular weight excluding hydrogens is 477 g/mol. The van der Waals surface area contributed by atoms with Crippen molar-refractivity contribution >= 4 is 29.2 Å². The van der Waals surface area contributed by atoms with Crippen LogP contribution in [-0.2, 0) is 11.2 Å². The van der Waals surface area contributed by atoms with Gasteiger partial charge in [-0.05, 0) is 54.2 Å². The molecule has 6 nitrogen and oxygen atoms in total. The molecule has 1 fully saturated rings. The maximum absolute atomic E-state index is 12.9. The Morgan fingerprint density at radius 1 is 1.15 bits per heavy atom. The normalized spacial score (nSPS) is 14.2. The van der Waals surface area contributed by atoms with E-state index in [1.165, 1.54) is 30.6 Å². The summed E-state index contributed by atoms with van der Waals surface area (Å²) in [5, 5.41) is 0.623. The monoisotopic (exact) mass is 496 g/mol. The maximum atomic E-state index is 12.9. The summed E-state index contributed by atoms with van der Waals surface area (Å²) in [6.45, 7) is -2.62. The molecule has 1 atom stereocenters. The van der Waals surface area contributed by atoms with Crippen LogP contribution in [0.4, 0.5) is 8.78 Å². The molecule has 0 bridgehead atoms. The Bertz CT molecular complexity index is 1090. The molecule has 0 radical (unpaired) electrons. The summed E-state index contributed by atoms with van der Waals surface area (Å²) < 4.78 is 41.9. The van der Waals surface area contributed by atoms with E-state index in [9.17, 15) is 13.6 Å². The maximum Gasteiger partial charge on any atom is 0.387 e. The van der Waals surface area contributed by atoms with E-state index < -0.39 is 18.7 Å². The second-order valence-corrected chi connectivity index (χ2v) is 8.42. The lowest BCUT2D eigenvalue weighted by Crippen LogP contribution is -2.15. The fourth-order valence-electron chi connectivity index (χ4n) is 3.22. The van der Waals surface area contributed by atoms with Crippen LogP contribution in [0.3, 0.4) is 0 Å². The number of hydrogen-bond acceptors (Lipinski definition) is 5. The number of alkyl halides is 2. The van der Waals surface area contributed by atoms with Crippen molar-refractivity contribution in [3.63, 3.8) is 0 Å². The highest BCUT2D eigenvalue weighted by atomic mass is 35.5. The zero-order valence-corrected chi connectivity index (χ0v) is 18.8. The van der Waals surface area contributed by atoms with Crippen molar-refractivity contribution in [1.29, 1.82) is 0 Å². The van der Waals surface area contributed by atoms with Gasteiger partial charge in [-0.1, -0.05) is 29.3 Å². The second-order valence-electron chi connectivity index (χ2n) is 7.60. The van der Waals surface area contributed by atoms with Gasteiger partial charge in [-0.15, -0.1) is 0 Å². The third-order valence-corrected chi connectivity index (χ3v) is 5.79. The van der Waals surface area contributed by atoms with E-state index in [4.69, 9.17) is 32.7 Å². The Hall–Kier alpha value is -2.84. The lowest BCUT2D eigenvalue weighted by atomic mass is 10.0. The van der Waals surface area contributed by atoms with Crippen molar-refractivity contribution in [2.24, 2.45) is 5.92 Å². The number of ether oxygens (including phenoxy) is 3. The Morgan fingerprint density at radius 3 is 2.55 bits per heavy atom. The molecule has 10 heteroatoms. The molecule has 0 aliphatic heterocycles.